The molecule has 0 aliphatic heterocycles. The number of anilines is 1. The van der Waals surface area contributed by atoms with Gasteiger partial charge in [0.1, 0.15) is 17.9 Å². The molecule has 0 aliphatic rings. The van der Waals surface area contributed by atoms with E-state index in [1.807, 2.05) is 12.1 Å². The zero-order chi connectivity index (χ0) is 17.6. The number of nitrogens with zero attached hydrogens (tertiary/aromatic N) is 3. The summed E-state index contributed by atoms with van der Waals surface area (Å²) in [5, 5.41) is 6.72. The Morgan fingerprint density at radius 1 is 1.16 bits per heavy atom. The largest absolute Gasteiger partial charge is 0.497 e. The Morgan fingerprint density at radius 2 is 1.88 bits per heavy atom. The summed E-state index contributed by atoms with van der Waals surface area (Å²) >= 11 is 0. The number of hydrogen-bond donors (Lipinski definition) is 1. The van der Waals surface area contributed by atoms with E-state index in [2.05, 4.69) is 15.4 Å². The van der Waals surface area contributed by atoms with Crippen LogP contribution < -0.4 is 14.8 Å². The van der Waals surface area contributed by atoms with Crippen LogP contribution in [0.2, 0.25) is 0 Å². The first-order valence-electron chi connectivity index (χ1n) is 7.38. The molecule has 1 aromatic heterocycles. The number of carbonyl (C=O) groups is 1. The van der Waals surface area contributed by atoms with Gasteiger partial charge in [0.15, 0.2) is 6.61 Å². The van der Waals surface area contributed by atoms with Crippen molar-refractivity contribution in [3.05, 3.63) is 60.7 Å². The monoisotopic (exact) mass is 342 g/mol. The third kappa shape index (κ3) is 4.31. The third-order valence-corrected chi connectivity index (χ3v) is 3.27. The van der Waals surface area contributed by atoms with Crippen molar-refractivity contribution >= 4 is 11.6 Å². The number of rotatable bonds is 6. The van der Waals surface area contributed by atoms with Crippen molar-refractivity contribution < 1.29 is 18.7 Å². The number of halogens is 1. The summed E-state index contributed by atoms with van der Waals surface area (Å²) in [4.78, 5) is 15.8. The molecule has 3 aromatic rings. The molecule has 0 fully saturated rings. The fourth-order valence-corrected chi connectivity index (χ4v) is 2.03. The van der Waals surface area contributed by atoms with Gasteiger partial charge >= 0.3 is 6.01 Å². The topological polar surface area (TPSA) is 78.3 Å². The Hall–Kier alpha value is -3.42. The first-order valence-corrected chi connectivity index (χ1v) is 7.38. The number of amides is 1. The Balaban J connectivity index is 1.55. The molecule has 128 valence electrons. The number of methoxy groups -OCH3 is 1. The first-order chi connectivity index (χ1) is 12.1. The standard InChI is InChI=1S/C17H15FN4O3/c1-24-15-8-6-14(7-9-15)22-11-19-17(21-22)25-10-16(23)20-13-4-2-12(18)3-5-13/h2-9,11H,10H2,1H3,(H,20,23). The predicted molar refractivity (Wildman–Crippen MR) is 88.4 cm³/mol. The first kappa shape index (κ1) is 16.4. The molecule has 1 heterocycles. The summed E-state index contributed by atoms with van der Waals surface area (Å²) in [5.41, 5.74) is 1.26. The van der Waals surface area contributed by atoms with Crippen LogP contribution in [0, 0.1) is 5.82 Å². The van der Waals surface area contributed by atoms with Crippen molar-refractivity contribution in [3.63, 3.8) is 0 Å². The van der Waals surface area contributed by atoms with Gasteiger partial charge in [-0.2, -0.15) is 4.98 Å². The van der Waals surface area contributed by atoms with Crippen molar-refractivity contribution in [3.8, 4) is 17.4 Å². The second-order valence-corrected chi connectivity index (χ2v) is 5.01. The molecule has 0 saturated heterocycles. The van der Waals surface area contributed by atoms with Crippen LogP contribution >= 0.6 is 0 Å². The molecular formula is C17H15FN4O3. The van der Waals surface area contributed by atoms with Gasteiger partial charge in [-0.1, -0.05) is 0 Å². The van der Waals surface area contributed by atoms with Crippen LogP contribution in [0.5, 0.6) is 11.8 Å². The van der Waals surface area contributed by atoms with E-state index in [-0.39, 0.29) is 18.4 Å². The van der Waals surface area contributed by atoms with Gasteiger partial charge in [0.25, 0.3) is 5.91 Å². The van der Waals surface area contributed by atoms with Crippen molar-refractivity contribution in [2.75, 3.05) is 19.0 Å². The minimum Gasteiger partial charge on any atom is -0.497 e. The number of benzene rings is 2. The number of carbonyl (C=O) groups excluding carboxylic acids is 1. The highest BCUT2D eigenvalue weighted by Gasteiger charge is 2.08. The molecule has 1 N–H and O–H groups in total. The summed E-state index contributed by atoms with van der Waals surface area (Å²) in [6.07, 6.45) is 1.48. The third-order valence-electron chi connectivity index (χ3n) is 3.27. The average molecular weight is 342 g/mol. The number of hydrogen-bond acceptors (Lipinski definition) is 5. The van der Waals surface area contributed by atoms with Crippen LogP contribution in [0.1, 0.15) is 0 Å². The zero-order valence-electron chi connectivity index (χ0n) is 13.3. The number of nitrogens with one attached hydrogen (secondary N) is 1. The van der Waals surface area contributed by atoms with Gasteiger partial charge in [0.2, 0.25) is 0 Å². The highest BCUT2D eigenvalue weighted by Crippen LogP contribution is 2.15. The molecule has 0 spiro atoms. The minimum atomic E-state index is -0.396. The molecule has 0 bridgehead atoms. The summed E-state index contributed by atoms with van der Waals surface area (Å²) in [6.45, 7) is -0.260. The van der Waals surface area contributed by atoms with E-state index < -0.39 is 5.91 Å². The summed E-state index contributed by atoms with van der Waals surface area (Å²) in [6, 6.07) is 12.8. The molecular weight excluding hydrogens is 327 g/mol. The van der Waals surface area contributed by atoms with Crippen LogP contribution in [0.15, 0.2) is 54.9 Å². The van der Waals surface area contributed by atoms with Crippen LogP contribution in [0.3, 0.4) is 0 Å². The van der Waals surface area contributed by atoms with Crippen molar-refractivity contribution in [1.29, 1.82) is 0 Å². The Kier molecular flexibility index (Phi) is 4.89. The molecule has 0 unspecified atom stereocenters. The van der Waals surface area contributed by atoms with E-state index >= 15 is 0 Å². The smallest absolute Gasteiger partial charge is 0.336 e. The van der Waals surface area contributed by atoms with Gasteiger partial charge in [-0.3, -0.25) is 4.79 Å². The fourth-order valence-electron chi connectivity index (χ4n) is 2.03. The molecule has 25 heavy (non-hydrogen) atoms. The van der Waals surface area contributed by atoms with Gasteiger partial charge < -0.3 is 14.8 Å². The summed E-state index contributed by atoms with van der Waals surface area (Å²) in [7, 11) is 1.59. The van der Waals surface area contributed by atoms with E-state index in [9.17, 15) is 9.18 Å². The number of ether oxygens (including phenoxy) is 2. The van der Waals surface area contributed by atoms with E-state index in [1.165, 1.54) is 35.3 Å². The van der Waals surface area contributed by atoms with Gasteiger partial charge in [-0.05, 0) is 48.5 Å². The van der Waals surface area contributed by atoms with E-state index in [0.29, 0.717) is 5.69 Å². The molecule has 0 atom stereocenters. The molecule has 3 rings (SSSR count). The fraction of sp³-hybridized carbons (Fsp3) is 0.118. The quantitative estimate of drug-likeness (QED) is 0.744. The zero-order valence-corrected chi connectivity index (χ0v) is 13.3. The van der Waals surface area contributed by atoms with Crippen LogP contribution in [0.25, 0.3) is 5.69 Å². The average Bonchev–Trinajstić information content (AvgIpc) is 3.11. The van der Waals surface area contributed by atoms with Gasteiger partial charge in [-0.15, -0.1) is 5.10 Å². The molecule has 0 saturated carbocycles. The maximum Gasteiger partial charge on any atom is 0.336 e. The summed E-state index contributed by atoms with van der Waals surface area (Å²) in [5.74, 6) is -0.0345. The van der Waals surface area contributed by atoms with Gasteiger partial charge in [0, 0.05) is 5.69 Å². The van der Waals surface area contributed by atoms with Crippen molar-refractivity contribution in [2.45, 2.75) is 0 Å². The lowest BCUT2D eigenvalue weighted by Gasteiger charge is -2.05. The second-order valence-electron chi connectivity index (χ2n) is 5.01. The SMILES string of the molecule is COc1ccc(-n2cnc(OCC(=O)Nc3ccc(F)cc3)n2)cc1. The number of aromatic nitrogens is 3. The lowest BCUT2D eigenvalue weighted by molar-refractivity contribution is -0.118. The van der Waals surface area contributed by atoms with E-state index in [0.717, 1.165) is 11.4 Å². The molecule has 0 aliphatic carbocycles. The molecule has 1 amide bonds. The molecule has 7 nitrogen and oxygen atoms in total. The lowest BCUT2D eigenvalue weighted by atomic mass is 10.3. The lowest BCUT2D eigenvalue weighted by Crippen LogP contribution is -2.20. The molecule has 8 heteroatoms. The Morgan fingerprint density at radius 3 is 2.56 bits per heavy atom. The van der Waals surface area contributed by atoms with Crippen molar-refractivity contribution in [2.24, 2.45) is 0 Å². The predicted octanol–water partition coefficient (Wildman–Crippen LogP) is 2.43. The van der Waals surface area contributed by atoms with E-state index in [1.54, 1.807) is 19.2 Å². The molecule has 0 radical (unpaired) electrons. The van der Waals surface area contributed by atoms with Crippen LogP contribution in [0.4, 0.5) is 10.1 Å². The highest BCUT2D eigenvalue weighted by molar-refractivity contribution is 5.91. The minimum absolute atomic E-state index is 0.0741. The normalized spacial score (nSPS) is 10.3. The van der Waals surface area contributed by atoms with Gasteiger partial charge in [-0.25, -0.2) is 9.07 Å². The summed E-state index contributed by atoms with van der Waals surface area (Å²) < 4.78 is 24.7. The maximum atomic E-state index is 12.8. The highest BCUT2D eigenvalue weighted by atomic mass is 19.1. The van der Waals surface area contributed by atoms with Crippen molar-refractivity contribution in [1.82, 2.24) is 14.8 Å². The molecule has 2 aromatic carbocycles. The van der Waals surface area contributed by atoms with Crippen LogP contribution in [-0.2, 0) is 4.79 Å². The van der Waals surface area contributed by atoms with Crippen LogP contribution in [-0.4, -0.2) is 34.4 Å². The maximum absolute atomic E-state index is 12.8. The Bertz CT molecular complexity index is 847. The van der Waals surface area contributed by atoms with E-state index in [4.69, 9.17) is 9.47 Å². The second kappa shape index (κ2) is 7.43. The van der Waals surface area contributed by atoms with Gasteiger partial charge in [0.05, 0.1) is 12.8 Å². The Labute approximate surface area is 143 Å².